The summed E-state index contributed by atoms with van der Waals surface area (Å²) in [6.45, 7) is 4.09. The first-order valence-corrected chi connectivity index (χ1v) is 11.0. The van der Waals surface area contributed by atoms with E-state index in [4.69, 9.17) is 5.73 Å². The summed E-state index contributed by atoms with van der Waals surface area (Å²) in [5.74, 6) is -0.176. The second-order valence-electron chi connectivity index (χ2n) is 8.01. The maximum Gasteiger partial charge on any atom is 0.256 e. The first-order valence-electron chi connectivity index (χ1n) is 10.1. The molecule has 152 valence electrons. The molecule has 3 heterocycles. The normalized spacial score (nSPS) is 23.1. The van der Waals surface area contributed by atoms with Crippen LogP contribution in [0.5, 0.6) is 0 Å². The third kappa shape index (κ3) is 3.51. The molecule has 5 rings (SSSR count). The first-order chi connectivity index (χ1) is 14.1. The number of pyridine rings is 1. The largest absolute Gasteiger partial charge is 0.398 e. The lowest BCUT2D eigenvalue weighted by atomic mass is 9.99. The summed E-state index contributed by atoms with van der Waals surface area (Å²) in [5.41, 5.74) is 6.96. The van der Waals surface area contributed by atoms with Gasteiger partial charge in [-0.15, -0.1) is 11.3 Å². The van der Waals surface area contributed by atoms with Crippen LogP contribution in [-0.2, 0) is 0 Å². The van der Waals surface area contributed by atoms with Gasteiger partial charge < -0.3 is 15.6 Å². The Hall–Kier alpha value is -2.45. The molecule has 1 aliphatic carbocycles. The summed E-state index contributed by atoms with van der Waals surface area (Å²) in [6, 6.07) is 5.01. The summed E-state index contributed by atoms with van der Waals surface area (Å²) in [4.78, 5) is 24.8. The minimum absolute atomic E-state index is 0.260. The van der Waals surface area contributed by atoms with Crippen LogP contribution in [0.3, 0.4) is 0 Å². The predicted molar refractivity (Wildman–Crippen MR) is 115 cm³/mol. The lowest BCUT2D eigenvalue weighted by Crippen LogP contribution is -2.49. The van der Waals surface area contributed by atoms with Crippen molar-refractivity contribution >= 4 is 32.9 Å². The zero-order valence-corrected chi connectivity index (χ0v) is 16.9. The van der Waals surface area contributed by atoms with Crippen LogP contribution in [0.1, 0.15) is 30.9 Å². The van der Waals surface area contributed by atoms with Crippen molar-refractivity contribution in [3.05, 3.63) is 51.6 Å². The van der Waals surface area contributed by atoms with Crippen molar-refractivity contribution in [1.82, 2.24) is 14.9 Å². The van der Waals surface area contributed by atoms with Crippen LogP contribution < -0.4 is 16.2 Å². The molecule has 1 saturated carbocycles. The van der Waals surface area contributed by atoms with Gasteiger partial charge in [0.1, 0.15) is 5.82 Å². The molecule has 2 aliphatic rings. The van der Waals surface area contributed by atoms with Crippen molar-refractivity contribution in [2.75, 3.05) is 36.8 Å². The molecule has 2 atom stereocenters. The number of aromatic nitrogens is 2. The molecule has 0 amide bonds. The second-order valence-corrected chi connectivity index (χ2v) is 8.88. The van der Waals surface area contributed by atoms with Crippen molar-refractivity contribution < 1.29 is 4.39 Å². The third-order valence-electron chi connectivity index (χ3n) is 6.34. The van der Waals surface area contributed by atoms with E-state index in [1.165, 1.54) is 12.1 Å². The number of hydrogen-bond acceptors (Lipinski definition) is 6. The van der Waals surface area contributed by atoms with Crippen molar-refractivity contribution in [3.8, 4) is 0 Å². The third-order valence-corrected chi connectivity index (χ3v) is 7.18. The Morgan fingerprint density at radius 1 is 1.14 bits per heavy atom. The van der Waals surface area contributed by atoms with Crippen LogP contribution >= 0.6 is 11.3 Å². The average Bonchev–Trinajstić information content (AvgIpc) is 3.41. The van der Waals surface area contributed by atoms with Gasteiger partial charge in [-0.25, -0.2) is 9.37 Å². The van der Waals surface area contributed by atoms with Gasteiger partial charge in [-0.1, -0.05) is 0 Å². The lowest BCUT2D eigenvalue weighted by molar-refractivity contribution is 0.186. The van der Waals surface area contributed by atoms with E-state index in [-0.39, 0.29) is 5.56 Å². The number of fused-ring (bicyclic) bond motifs is 1. The van der Waals surface area contributed by atoms with E-state index in [0.717, 1.165) is 56.3 Å². The van der Waals surface area contributed by atoms with Crippen LogP contribution in [-0.4, -0.2) is 47.1 Å². The molecule has 1 saturated heterocycles. The van der Waals surface area contributed by atoms with Crippen molar-refractivity contribution in [2.45, 2.75) is 31.2 Å². The minimum Gasteiger partial charge on any atom is -0.398 e. The van der Waals surface area contributed by atoms with E-state index in [0.29, 0.717) is 28.4 Å². The Bertz CT molecular complexity index is 1070. The monoisotopic (exact) mass is 413 g/mol. The van der Waals surface area contributed by atoms with Gasteiger partial charge in [0.2, 0.25) is 0 Å². The summed E-state index contributed by atoms with van der Waals surface area (Å²) < 4.78 is 13.6. The first kappa shape index (κ1) is 18.6. The fourth-order valence-corrected chi connectivity index (χ4v) is 5.52. The molecule has 0 spiro atoms. The zero-order valence-electron chi connectivity index (χ0n) is 16.1. The zero-order chi connectivity index (χ0) is 20.0. The number of nitrogens with one attached hydrogen (secondary N) is 1. The fourth-order valence-electron chi connectivity index (χ4n) is 4.82. The van der Waals surface area contributed by atoms with Crippen molar-refractivity contribution in [1.29, 1.82) is 0 Å². The fraction of sp³-hybridized carbons (Fsp3) is 0.429. The van der Waals surface area contributed by atoms with Crippen molar-refractivity contribution in [3.63, 3.8) is 0 Å². The Labute approximate surface area is 172 Å². The van der Waals surface area contributed by atoms with Gasteiger partial charge >= 0.3 is 0 Å². The number of nitrogens with zero attached hydrogens (tertiary/aromatic N) is 3. The van der Waals surface area contributed by atoms with E-state index in [9.17, 15) is 9.18 Å². The van der Waals surface area contributed by atoms with E-state index < -0.39 is 5.82 Å². The van der Waals surface area contributed by atoms with E-state index in [1.54, 1.807) is 11.3 Å². The number of nitrogens with two attached hydrogens (primary N) is 1. The number of hydrogen-bond donors (Lipinski definition) is 2. The molecule has 0 radical (unpaired) electrons. The number of H-pyrrole nitrogens is 1. The molecule has 3 N–H and O–H groups in total. The van der Waals surface area contributed by atoms with Crippen LogP contribution in [0.15, 0.2) is 34.6 Å². The van der Waals surface area contributed by atoms with Gasteiger partial charge in [0, 0.05) is 66.5 Å². The van der Waals surface area contributed by atoms with Gasteiger partial charge in [-0.05, 0) is 37.5 Å². The molecular formula is C21H24FN5OS. The standard InChI is InChI=1S/C21H24FN5OS/c22-14-10-17-16(18(23)11-14)12-19(25-20(17)28)13-1-2-15(9-13)26-4-6-27(7-5-26)21-24-3-8-29-21/h3,8,10-13,15H,1-2,4-7,9,23H2,(H,25,28). The Morgan fingerprint density at radius 2 is 1.97 bits per heavy atom. The summed E-state index contributed by atoms with van der Waals surface area (Å²) in [7, 11) is 0. The molecule has 6 nitrogen and oxygen atoms in total. The number of anilines is 2. The number of nitrogen functional groups attached to an aromatic ring is 1. The molecular weight excluding hydrogens is 389 g/mol. The topological polar surface area (TPSA) is 78.2 Å². The average molecular weight is 414 g/mol. The summed E-state index contributed by atoms with van der Waals surface area (Å²) in [6.07, 6.45) is 5.06. The number of piperazine rings is 1. The van der Waals surface area contributed by atoms with E-state index in [1.807, 2.05) is 17.6 Å². The Balaban J connectivity index is 1.29. The van der Waals surface area contributed by atoms with Crippen LogP contribution in [0, 0.1) is 5.82 Å². The van der Waals surface area contributed by atoms with Crippen LogP contribution in [0.4, 0.5) is 15.2 Å². The van der Waals surface area contributed by atoms with Gasteiger partial charge in [0.05, 0.1) is 5.39 Å². The minimum atomic E-state index is -0.480. The number of benzene rings is 1. The highest BCUT2D eigenvalue weighted by Crippen LogP contribution is 2.37. The molecule has 8 heteroatoms. The molecule has 2 unspecified atom stereocenters. The summed E-state index contributed by atoms with van der Waals surface area (Å²) in [5, 5.41) is 4.09. The van der Waals surface area contributed by atoms with Crippen LogP contribution in [0.25, 0.3) is 10.8 Å². The summed E-state index contributed by atoms with van der Waals surface area (Å²) >= 11 is 1.69. The maximum absolute atomic E-state index is 13.6. The maximum atomic E-state index is 13.6. The smallest absolute Gasteiger partial charge is 0.256 e. The molecule has 29 heavy (non-hydrogen) atoms. The SMILES string of the molecule is Nc1cc(F)cc2c(=O)[nH]c(C3CCC(N4CCN(c5nccs5)CC4)C3)cc12. The number of rotatable bonds is 3. The predicted octanol–water partition coefficient (Wildman–Crippen LogP) is 3.16. The highest BCUT2D eigenvalue weighted by Gasteiger charge is 2.32. The number of halogens is 1. The number of thiazole rings is 1. The molecule has 2 fully saturated rings. The van der Waals surface area contributed by atoms with Gasteiger partial charge in [0.15, 0.2) is 5.13 Å². The van der Waals surface area contributed by atoms with Crippen molar-refractivity contribution in [2.24, 2.45) is 0 Å². The quantitative estimate of drug-likeness (QED) is 0.645. The van der Waals surface area contributed by atoms with Crippen LogP contribution in [0.2, 0.25) is 0 Å². The molecule has 0 bridgehead atoms. The number of aromatic amines is 1. The second kappa shape index (κ2) is 7.42. The molecule has 1 aliphatic heterocycles. The Kier molecular flexibility index (Phi) is 4.75. The molecule has 1 aromatic carbocycles. The van der Waals surface area contributed by atoms with Gasteiger partial charge in [-0.3, -0.25) is 9.69 Å². The molecule has 2 aromatic heterocycles. The van der Waals surface area contributed by atoms with Gasteiger partial charge in [0.25, 0.3) is 5.56 Å². The highest BCUT2D eigenvalue weighted by atomic mass is 32.1. The lowest BCUT2D eigenvalue weighted by Gasteiger charge is -2.38. The highest BCUT2D eigenvalue weighted by molar-refractivity contribution is 7.13. The van der Waals surface area contributed by atoms with E-state index >= 15 is 0 Å². The molecule has 3 aromatic rings. The van der Waals surface area contributed by atoms with E-state index in [2.05, 4.69) is 19.8 Å². The van der Waals surface area contributed by atoms with Gasteiger partial charge in [-0.2, -0.15) is 0 Å². The Morgan fingerprint density at radius 3 is 2.72 bits per heavy atom.